The highest BCUT2D eigenvalue weighted by molar-refractivity contribution is 6.01. The number of carboxylic acids is 1. The van der Waals surface area contributed by atoms with Crippen molar-refractivity contribution in [3.63, 3.8) is 0 Å². The van der Waals surface area contributed by atoms with Crippen molar-refractivity contribution in [3.05, 3.63) is 108 Å². The first-order valence-corrected chi connectivity index (χ1v) is 12.2. The first kappa shape index (κ1) is 25.4. The summed E-state index contributed by atoms with van der Waals surface area (Å²) in [4.78, 5) is 31.8. The van der Waals surface area contributed by atoms with Crippen molar-refractivity contribution < 1.29 is 14.7 Å². The van der Waals surface area contributed by atoms with Gasteiger partial charge in [-0.15, -0.1) is 0 Å². The molecule has 0 aliphatic heterocycles. The molecule has 0 saturated carbocycles. The number of nitrogens with one attached hydrogen (secondary N) is 2. The fourth-order valence-corrected chi connectivity index (χ4v) is 4.06. The van der Waals surface area contributed by atoms with Crippen LogP contribution in [0.4, 0.5) is 22.0 Å². The zero-order chi connectivity index (χ0) is 26.2. The molecule has 4 rings (SSSR count). The number of nitrogens with zero attached hydrogens (tertiary/aromatic N) is 2. The maximum Gasteiger partial charge on any atom is 0.336 e. The number of aromatic carboxylic acids is 1. The monoisotopic (exact) mass is 494 g/mol. The SMILES string of the molecule is CCCN(Cc1ccccc1)c1cc(NC(=O)Nc2ccc(C)cc2)cc(-c2ccccc2C(=O)O)n1. The Hall–Kier alpha value is -4.65. The number of carboxylic acid groups (broad SMARTS) is 1. The Morgan fingerprint density at radius 3 is 2.24 bits per heavy atom. The number of aromatic nitrogens is 1. The van der Waals surface area contributed by atoms with Crippen LogP contribution >= 0.6 is 0 Å². The molecule has 0 atom stereocenters. The van der Waals surface area contributed by atoms with Crippen LogP contribution in [-0.4, -0.2) is 28.6 Å². The second kappa shape index (κ2) is 11.9. The minimum atomic E-state index is -1.04. The molecule has 188 valence electrons. The number of aryl methyl sites for hydroxylation is 1. The van der Waals surface area contributed by atoms with Crippen molar-refractivity contribution >= 4 is 29.2 Å². The lowest BCUT2D eigenvalue weighted by Gasteiger charge is -2.25. The summed E-state index contributed by atoms with van der Waals surface area (Å²) in [6.45, 7) is 5.44. The number of carbonyl (C=O) groups is 2. The second-order valence-corrected chi connectivity index (χ2v) is 8.80. The van der Waals surface area contributed by atoms with E-state index in [2.05, 4.69) is 34.6 Å². The molecular formula is C30H30N4O3. The summed E-state index contributed by atoms with van der Waals surface area (Å²) in [7, 11) is 0. The first-order valence-electron chi connectivity index (χ1n) is 12.2. The van der Waals surface area contributed by atoms with E-state index in [0.29, 0.717) is 35.0 Å². The summed E-state index contributed by atoms with van der Waals surface area (Å²) in [6.07, 6.45) is 0.890. The van der Waals surface area contributed by atoms with Gasteiger partial charge in [0.1, 0.15) is 5.82 Å². The molecule has 1 heterocycles. The summed E-state index contributed by atoms with van der Waals surface area (Å²) >= 11 is 0. The lowest BCUT2D eigenvalue weighted by atomic mass is 10.0. The van der Waals surface area contributed by atoms with Crippen LogP contribution in [-0.2, 0) is 6.54 Å². The molecule has 3 aromatic carbocycles. The molecule has 0 aliphatic rings. The van der Waals surface area contributed by atoms with E-state index in [1.165, 1.54) is 0 Å². The van der Waals surface area contributed by atoms with E-state index in [1.807, 2.05) is 55.5 Å². The standard InChI is InChI=1S/C30H30N4O3/c1-3-17-34(20-22-9-5-4-6-10-22)28-19-24(32-30(37)31-23-15-13-21(2)14-16-23)18-27(33-28)25-11-7-8-12-26(25)29(35)36/h4-16,18-19H,3,17,20H2,1-2H3,(H,35,36)(H2,31,32,33,37). The Morgan fingerprint density at radius 2 is 1.54 bits per heavy atom. The zero-order valence-corrected chi connectivity index (χ0v) is 20.9. The van der Waals surface area contributed by atoms with E-state index in [1.54, 1.807) is 30.3 Å². The van der Waals surface area contributed by atoms with Crippen molar-refractivity contribution in [1.82, 2.24) is 4.98 Å². The predicted octanol–water partition coefficient (Wildman–Crippen LogP) is 6.82. The van der Waals surface area contributed by atoms with Crippen LogP contribution in [0.2, 0.25) is 0 Å². The molecule has 0 bridgehead atoms. The van der Waals surface area contributed by atoms with E-state index in [9.17, 15) is 14.7 Å². The van der Waals surface area contributed by atoms with E-state index >= 15 is 0 Å². The smallest absolute Gasteiger partial charge is 0.336 e. The molecule has 0 spiro atoms. The van der Waals surface area contributed by atoms with Crippen LogP contribution in [0.15, 0.2) is 91.0 Å². The fraction of sp³-hybridized carbons (Fsp3) is 0.167. The molecule has 2 amide bonds. The highest BCUT2D eigenvalue weighted by Crippen LogP contribution is 2.29. The van der Waals surface area contributed by atoms with Crippen LogP contribution in [0, 0.1) is 6.92 Å². The van der Waals surface area contributed by atoms with Crippen molar-refractivity contribution in [2.75, 3.05) is 22.1 Å². The van der Waals surface area contributed by atoms with E-state index < -0.39 is 12.0 Å². The molecule has 0 saturated heterocycles. The lowest BCUT2D eigenvalue weighted by molar-refractivity contribution is 0.0697. The van der Waals surface area contributed by atoms with Gasteiger partial charge in [0.15, 0.2) is 0 Å². The Balaban J connectivity index is 1.72. The van der Waals surface area contributed by atoms with Crippen molar-refractivity contribution in [2.24, 2.45) is 0 Å². The Labute approximate surface area is 216 Å². The molecule has 7 heteroatoms. The molecule has 0 fully saturated rings. The largest absolute Gasteiger partial charge is 0.478 e. The normalized spacial score (nSPS) is 10.5. The van der Waals surface area contributed by atoms with Crippen LogP contribution < -0.4 is 15.5 Å². The van der Waals surface area contributed by atoms with Gasteiger partial charge in [-0.2, -0.15) is 0 Å². The van der Waals surface area contributed by atoms with Gasteiger partial charge in [0.05, 0.1) is 11.3 Å². The molecule has 37 heavy (non-hydrogen) atoms. The van der Waals surface area contributed by atoms with Crippen LogP contribution in [0.3, 0.4) is 0 Å². The molecular weight excluding hydrogens is 464 g/mol. The maximum atomic E-state index is 12.8. The van der Waals surface area contributed by atoms with Crippen LogP contribution in [0.1, 0.15) is 34.8 Å². The van der Waals surface area contributed by atoms with Gasteiger partial charge in [0.25, 0.3) is 0 Å². The minimum Gasteiger partial charge on any atom is -0.478 e. The van der Waals surface area contributed by atoms with Gasteiger partial charge >= 0.3 is 12.0 Å². The highest BCUT2D eigenvalue weighted by atomic mass is 16.4. The molecule has 0 unspecified atom stereocenters. The second-order valence-electron chi connectivity index (χ2n) is 8.80. The van der Waals surface area contributed by atoms with Crippen molar-refractivity contribution in [3.8, 4) is 11.3 Å². The van der Waals surface area contributed by atoms with Crippen LogP contribution in [0.5, 0.6) is 0 Å². The summed E-state index contributed by atoms with van der Waals surface area (Å²) < 4.78 is 0. The first-order chi connectivity index (χ1) is 17.9. The molecule has 7 nitrogen and oxygen atoms in total. The van der Waals surface area contributed by atoms with Gasteiger partial charge in [-0.1, -0.05) is 73.2 Å². The quantitative estimate of drug-likeness (QED) is 0.237. The van der Waals surface area contributed by atoms with Crippen molar-refractivity contribution in [2.45, 2.75) is 26.8 Å². The molecule has 0 aliphatic carbocycles. The molecule has 3 N–H and O–H groups in total. The van der Waals surface area contributed by atoms with E-state index in [4.69, 9.17) is 4.98 Å². The van der Waals surface area contributed by atoms with Gasteiger partial charge < -0.3 is 20.6 Å². The minimum absolute atomic E-state index is 0.146. The van der Waals surface area contributed by atoms with Gasteiger partial charge in [-0.05, 0) is 43.2 Å². The van der Waals surface area contributed by atoms with Crippen LogP contribution in [0.25, 0.3) is 11.3 Å². The van der Waals surface area contributed by atoms with Crippen molar-refractivity contribution in [1.29, 1.82) is 0 Å². The third kappa shape index (κ3) is 6.73. The number of hydrogen-bond acceptors (Lipinski definition) is 4. The predicted molar refractivity (Wildman–Crippen MR) is 148 cm³/mol. The molecule has 1 aromatic heterocycles. The lowest BCUT2D eigenvalue weighted by Crippen LogP contribution is -2.25. The number of amides is 2. The summed E-state index contributed by atoms with van der Waals surface area (Å²) in [5, 5.41) is 15.5. The van der Waals surface area contributed by atoms with E-state index in [-0.39, 0.29) is 5.56 Å². The summed E-state index contributed by atoms with van der Waals surface area (Å²) in [6, 6.07) is 27.5. The van der Waals surface area contributed by atoms with E-state index in [0.717, 1.165) is 24.1 Å². The number of hydrogen-bond donors (Lipinski definition) is 3. The Bertz CT molecular complexity index is 1370. The highest BCUT2D eigenvalue weighted by Gasteiger charge is 2.17. The fourth-order valence-electron chi connectivity index (χ4n) is 4.06. The average Bonchev–Trinajstić information content (AvgIpc) is 2.90. The molecule has 4 aromatic rings. The van der Waals surface area contributed by atoms with Gasteiger partial charge in [0.2, 0.25) is 0 Å². The number of anilines is 3. The number of carbonyl (C=O) groups excluding carboxylic acids is 1. The van der Waals surface area contributed by atoms with Gasteiger partial charge in [-0.3, -0.25) is 0 Å². The number of pyridine rings is 1. The maximum absolute atomic E-state index is 12.8. The third-order valence-corrected chi connectivity index (χ3v) is 5.85. The number of benzene rings is 3. The third-order valence-electron chi connectivity index (χ3n) is 5.85. The topological polar surface area (TPSA) is 94.6 Å². The Morgan fingerprint density at radius 1 is 0.865 bits per heavy atom. The number of rotatable bonds is 9. The van der Waals surface area contributed by atoms with Gasteiger partial charge in [0, 0.05) is 36.1 Å². The zero-order valence-electron chi connectivity index (χ0n) is 20.9. The number of urea groups is 1. The average molecular weight is 495 g/mol. The molecule has 0 radical (unpaired) electrons. The Kier molecular flexibility index (Phi) is 8.15. The van der Waals surface area contributed by atoms with Gasteiger partial charge in [-0.25, -0.2) is 14.6 Å². The summed E-state index contributed by atoms with van der Waals surface area (Å²) in [5.41, 5.74) is 4.50. The summed E-state index contributed by atoms with van der Waals surface area (Å²) in [5.74, 6) is -0.391.